The second-order valence-electron chi connectivity index (χ2n) is 13.1. The summed E-state index contributed by atoms with van der Waals surface area (Å²) in [5, 5.41) is -0.690. The molecular weight excluding hydrogens is 551 g/mol. The molecule has 0 amide bonds. The van der Waals surface area contributed by atoms with Crippen molar-refractivity contribution in [2.24, 2.45) is 17.3 Å². The minimum absolute atomic E-state index is 0.0504. The Labute approximate surface area is 248 Å². The highest BCUT2D eigenvalue weighted by Crippen LogP contribution is 2.66. The Balaban J connectivity index is 1.69. The fourth-order valence-electron chi connectivity index (χ4n) is 6.58. The number of ether oxygens (including phenoxy) is 5. The van der Waals surface area contributed by atoms with Gasteiger partial charge in [0.25, 0.3) is 0 Å². The van der Waals surface area contributed by atoms with E-state index in [0.29, 0.717) is 29.6 Å². The number of rotatable bonds is 10. The lowest BCUT2D eigenvalue weighted by atomic mass is 9.43. The lowest BCUT2D eigenvalue weighted by Gasteiger charge is -2.64. The number of alkyl halides is 1. The number of hydrogen-bond acceptors (Lipinski definition) is 9. The summed E-state index contributed by atoms with van der Waals surface area (Å²) in [5.74, 6) is 0.634. The summed E-state index contributed by atoms with van der Waals surface area (Å²) in [6.07, 6.45) is 2.62. The van der Waals surface area contributed by atoms with E-state index in [1.165, 1.54) is 14.2 Å². The van der Waals surface area contributed by atoms with E-state index in [1.807, 2.05) is 6.92 Å². The number of halogens is 1. The normalized spacial score (nSPS) is 26.9. The summed E-state index contributed by atoms with van der Waals surface area (Å²) in [6, 6.07) is 1.56. The standard InChI is InChI=1S/C30H44BClO9/c1-10-11-12-37-26(33)24-20(36-9)16-19(35-8)18(25(24)38-27(34)39-28(2,3)4)15-23(32)31-40-22-14-17-13-21(29(17,5)6)30(22,7)41-31/h16-17,21-23H,10-15H2,1-9H3/t17?,21?,22?,23-,30+/m1/s1. The van der Waals surface area contributed by atoms with Gasteiger partial charge in [-0.25, -0.2) is 9.59 Å². The molecule has 3 aliphatic carbocycles. The van der Waals surface area contributed by atoms with E-state index in [4.69, 9.17) is 44.6 Å². The number of carbonyl (C=O) groups is 2. The zero-order chi connectivity index (χ0) is 30.3. The number of unbranched alkanes of at least 4 members (excludes halogenated alkanes) is 1. The van der Waals surface area contributed by atoms with E-state index in [1.54, 1.807) is 26.8 Å². The summed E-state index contributed by atoms with van der Waals surface area (Å²) in [4.78, 5) is 26.2. The van der Waals surface area contributed by atoms with Crippen LogP contribution in [0.4, 0.5) is 4.79 Å². The smallest absolute Gasteiger partial charge is 0.496 e. The third kappa shape index (κ3) is 6.16. The molecule has 1 aromatic carbocycles. The Morgan fingerprint density at radius 3 is 2.41 bits per heavy atom. The molecule has 41 heavy (non-hydrogen) atoms. The van der Waals surface area contributed by atoms with Crippen molar-refractivity contribution < 1.29 is 42.6 Å². The molecule has 1 aliphatic heterocycles. The molecule has 9 nitrogen and oxygen atoms in total. The average Bonchev–Trinajstić information content (AvgIpc) is 3.25. The average molecular weight is 595 g/mol. The van der Waals surface area contributed by atoms with Crippen molar-refractivity contribution in [1.82, 2.24) is 0 Å². The zero-order valence-electron chi connectivity index (χ0n) is 25.8. The maximum absolute atomic E-state index is 13.3. The first-order valence-corrected chi connectivity index (χ1v) is 14.9. The molecule has 2 bridgehead atoms. The van der Waals surface area contributed by atoms with Crippen molar-refractivity contribution in [2.45, 2.75) is 103 Å². The molecule has 5 rings (SSSR count). The van der Waals surface area contributed by atoms with Crippen molar-refractivity contribution in [3.63, 3.8) is 0 Å². The van der Waals surface area contributed by atoms with Crippen LogP contribution in [-0.4, -0.2) is 62.7 Å². The van der Waals surface area contributed by atoms with Crippen LogP contribution >= 0.6 is 11.6 Å². The molecule has 0 aromatic heterocycles. The minimum Gasteiger partial charge on any atom is -0.496 e. The number of benzene rings is 1. The van der Waals surface area contributed by atoms with Crippen molar-refractivity contribution in [1.29, 1.82) is 0 Å². The van der Waals surface area contributed by atoms with Crippen molar-refractivity contribution in [3.05, 3.63) is 17.2 Å². The zero-order valence-corrected chi connectivity index (χ0v) is 26.5. The van der Waals surface area contributed by atoms with Crippen LogP contribution in [0.2, 0.25) is 0 Å². The Hall–Kier alpha value is -2.17. The van der Waals surface area contributed by atoms with Gasteiger partial charge in [0.15, 0.2) is 5.75 Å². The summed E-state index contributed by atoms with van der Waals surface area (Å²) in [7, 11) is 2.18. The molecule has 1 saturated heterocycles. The predicted octanol–water partition coefficient (Wildman–Crippen LogP) is 6.39. The van der Waals surface area contributed by atoms with Crippen LogP contribution in [-0.2, 0) is 25.2 Å². The minimum atomic E-state index is -0.989. The Bertz CT molecular complexity index is 1150. The second kappa shape index (κ2) is 11.8. The summed E-state index contributed by atoms with van der Waals surface area (Å²) in [5.41, 5.74) is -0.761. The topological polar surface area (TPSA) is 98.8 Å². The highest BCUT2D eigenvalue weighted by Gasteiger charge is 2.68. The first-order valence-electron chi connectivity index (χ1n) is 14.5. The molecule has 3 saturated carbocycles. The fraction of sp³-hybridized carbons (Fsp3) is 0.733. The van der Waals surface area contributed by atoms with E-state index in [0.717, 1.165) is 19.3 Å². The Morgan fingerprint density at radius 1 is 1.15 bits per heavy atom. The Morgan fingerprint density at radius 2 is 1.83 bits per heavy atom. The molecule has 11 heteroatoms. The second-order valence-corrected chi connectivity index (χ2v) is 13.6. The largest absolute Gasteiger partial charge is 0.514 e. The van der Waals surface area contributed by atoms with E-state index in [2.05, 4.69) is 20.8 Å². The highest BCUT2D eigenvalue weighted by atomic mass is 35.5. The number of carbonyl (C=O) groups excluding carboxylic acids is 2. The molecule has 1 heterocycles. The van der Waals surface area contributed by atoms with E-state index in [-0.39, 0.29) is 41.6 Å². The van der Waals surface area contributed by atoms with Crippen LogP contribution in [0.15, 0.2) is 6.07 Å². The van der Waals surface area contributed by atoms with Crippen LogP contribution in [0.1, 0.15) is 90.1 Å². The molecule has 0 spiro atoms. The molecule has 1 aromatic rings. The van der Waals surface area contributed by atoms with Gasteiger partial charge in [-0.2, -0.15) is 0 Å². The van der Waals surface area contributed by atoms with Gasteiger partial charge in [-0.15, -0.1) is 11.6 Å². The highest BCUT2D eigenvalue weighted by molar-refractivity contribution is 6.60. The van der Waals surface area contributed by atoms with Crippen LogP contribution in [0.25, 0.3) is 0 Å². The Kier molecular flexibility index (Phi) is 9.18. The first-order chi connectivity index (χ1) is 19.2. The summed E-state index contributed by atoms with van der Waals surface area (Å²) < 4.78 is 40.8. The van der Waals surface area contributed by atoms with Gasteiger partial charge in [0.2, 0.25) is 0 Å². The first kappa shape index (κ1) is 31.8. The molecular formula is C30H44BClO9. The lowest BCUT2D eigenvalue weighted by molar-refractivity contribution is -0.199. The number of methoxy groups -OCH3 is 2. The summed E-state index contributed by atoms with van der Waals surface area (Å²) in [6.45, 7) is 14.1. The van der Waals surface area contributed by atoms with Gasteiger partial charge in [-0.1, -0.05) is 27.2 Å². The molecule has 3 unspecified atom stereocenters. The van der Waals surface area contributed by atoms with Crippen molar-refractivity contribution >= 4 is 30.8 Å². The van der Waals surface area contributed by atoms with Gasteiger partial charge in [0.05, 0.1) is 37.8 Å². The molecule has 0 radical (unpaired) electrons. The van der Waals surface area contributed by atoms with Crippen LogP contribution < -0.4 is 14.2 Å². The van der Waals surface area contributed by atoms with Crippen molar-refractivity contribution in [3.8, 4) is 17.2 Å². The van der Waals surface area contributed by atoms with Gasteiger partial charge in [0, 0.05) is 11.6 Å². The number of esters is 1. The van der Waals surface area contributed by atoms with Gasteiger partial charge < -0.3 is 33.0 Å². The fourth-order valence-corrected chi connectivity index (χ4v) is 6.84. The SMILES string of the molecule is CCCCOC(=O)c1c(OC)cc(OC)c(C[C@@H](Cl)B2OC3CC4CC(C4(C)C)[C@]3(C)O2)c1OC(=O)OC(C)(C)C. The predicted molar refractivity (Wildman–Crippen MR) is 155 cm³/mol. The quantitative estimate of drug-likeness (QED) is 0.100. The monoisotopic (exact) mass is 594 g/mol. The third-order valence-electron chi connectivity index (χ3n) is 8.92. The van der Waals surface area contributed by atoms with E-state index in [9.17, 15) is 9.59 Å². The molecule has 4 fully saturated rings. The van der Waals surface area contributed by atoms with Gasteiger partial charge in [-0.05, 0) is 70.6 Å². The maximum atomic E-state index is 13.3. The third-order valence-corrected chi connectivity index (χ3v) is 9.28. The van der Waals surface area contributed by atoms with Gasteiger partial charge >= 0.3 is 19.2 Å². The van der Waals surface area contributed by atoms with Gasteiger partial charge in [0.1, 0.15) is 22.7 Å². The van der Waals surface area contributed by atoms with Crippen LogP contribution in [0, 0.1) is 17.3 Å². The van der Waals surface area contributed by atoms with Crippen molar-refractivity contribution in [2.75, 3.05) is 20.8 Å². The lowest BCUT2D eigenvalue weighted by Crippen LogP contribution is -2.65. The maximum Gasteiger partial charge on any atom is 0.514 e. The molecule has 4 aliphatic rings. The number of hydrogen-bond donors (Lipinski definition) is 0. The van der Waals surface area contributed by atoms with Crippen LogP contribution in [0.5, 0.6) is 17.2 Å². The van der Waals surface area contributed by atoms with E-state index >= 15 is 0 Å². The van der Waals surface area contributed by atoms with Gasteiger partial charge in [-0.3, -0.25) is 0 Å². The van der Waals surface area contributed by atoms with E-state index < -0.39 is 35.7 Å². The van der Waals surface area contributed by atoms with Crippen LogP contribution in [0.3, 0.4) is 0 Å². The summed E-state index contributed by atoms with van der Waals surface area (Å²) >= 11 is 7.01. The molecule has 5 atom stereocenters. The molecule has 0 N–H and O–H groups in total. The molecule has 228 valence electrons.